The molecule has 1 aromatic heterocycles. The summed E-state index contributed by atoms with van der Waals surface area (Å²) in [5.74, 6) is 2.35. The van der Waals surface area contributed by atoms with E-state index in [0.29, 0.717) is 0 Å². The van der Waals surface area contributed by atoms with Crippen molar-refractivity contribution in [3.05, 3.63) is 36.2 Å². The summed E-state index contributed by atoms with van der Waals surface area (Å²) in [5, 5.41) is 3.27. The molecule has 5 heteroatoms. The number of methoxy groups -OCH3 is 1. The lowest BCUT2D eigenvalue weighted by Crippen LogP contribution is -1.99. The van der Waals surface area contributed by atoms with Gasteiger partial charge in [-0.2, -0.15) is 0 Å². The third-order valence-corrected chi connectivity index (χ3v) is 2.76. The predicted molar refractivity (Wildman–Crippen MR) is 70.2 cm³/mol. The van der Waals surface area contributed by atoms with Gasteiger partial charge in [0.05, 0.1) is 7.11 Å². The van der Waals surface area contributed by atoms with Crippen LogP contribution in [0.1, 0.15) is 5.56 Å². The van der Waals surface area contributed by atoms with Crippen LogP contribution >= 0.6 is 0 Å². The Morgan fingerprint density at radius 1 is 1.28 bits per heavy atom. The smallest absolute Gasteiger partial charge is 0.160 e. The van der Waals surface area contributed by atoms with Gasteiger partial charge in [0.25, 0.3) is 0 Å². The summed E-state index contributed by atoms with van der Waals surface area (Å²) in [7, 11) is 1.65. The largest absolute Gasteiger partial charge is 0.497 e. The van der Waals surface area contributed by atoms with Gasteiger partial charge in [-0.15, -0.1) is 0 Å². The molecule has 0 spiro atoms. The molecule has 0 saturated heterocycles. The van der Waals surface area contributed by atoms with Gasteiger partial charge >= 0.3 is 0 Å². The molecule has 0 bridgehead atoms. The van der Waals surface area contributed by atoms with E-state index in [0.717, 1.165) is 35.1 Å². The molecule has 1 aliphatic heterocycles. The number of nitrogens with zero attached hydrogens (tertiary/aromatic N) is 3. The van der Waals surface area contributed by atoms with E-state index in [1.165, 1.54) is 6.33 Å². The van der Waals surface area contributed by atoms with Crippen molar-refractivity contribution in [1.82, 2.24) is 9.97 Å². The zero-order valence-corrected chi connectivity index (χ0v) is 9.92. The zero-order valence-electron chi connectivity index (χ0n) is 9.92. The Labute approximate surface area is 105 Å². The molecule has 1 aliphatic rings. The number of ether oxygens (including phenoxy) is 1. The maximum Gasteiger partial charge on any atom is 0.160 e. The number of aliphatic imine (C=N–C) groups is 1. The summed E-state index contributed by atoms with van der Waals surface area (Å²) >= 11 is 0. The molecule has 1 aromatic carbocycles. The molecule has 0 radical (unpaired) electrons. The molecule has 0 saturated carbocycles. The van der Waals surface area contributed by atoms with Crippen LogP contribution in [-0.4, -0.2) is 23.3 Å². The molecule has 3 rings (SSSR count). The normalized spacial score (nSPS) is 12.3. The van der Waals surface area contributed by atoms with Crippen molar-refractivity contribution in [2.24, 2.45) is 4.99 Å². The average molecular weight is 240 g/mol. The van der Waals surface area contributed by atoms with Crippen LogP contribution in [0, 0.1) is 0 Å². The molecule has 2 aromatic rings. The third kappa shape index (κ3) is 1.90. The Morgan fingerprint density at radius 2 is 2.22 bits per heavy atom. The Kier molecular flexibility index (Phi) is 2.64. The second-order valence-electron chi connectivity index (χ2n) is 3.90. The number of aromatic nitrogens is 2. The summed E-state index contributed by atoms with van der Waals surface area (Å²) < 4.78 is 5.19. The number of fused-ring (bicyclic) bond motifs is 1. The Morgan fingerprint density at radius 3 is 3.11 bits per heavy atom. The van der Waals surface area contributed by atoms with Crippen molar-refractivity contribution >= 4 is 23.5 Å². The second-order valence-corrected chi connectivity index (χ2v) is 3.90. The first kappa shape index (κ1) is 10.7. The van der Waals surface area contributed by atoms with Crippen LogP contribution < -0.4 is 10.1 Å². The topological polar surface area (TPSA) is 59.4 Å². The quantitative estimate of drug-likeness (QED) is 0.895. The molecule has 90 valence electrons. The van der Waals surface area contributed by atoms with E-state index in [1.807, 2.05) is 30.5 Å². The van der Waals surface area contributed by atoms with Crippen molar-refractivity contribution < 1.29 is 4.74 Å². The minimum atomic E-state index is 0.746. The molecule has 1 N–H and O–H groups in total. The van der Waals surface area contributed by atoms with E-state index in [1.54, 1.807) is 7.11 Å². The molecule has 2 heterocycles. The van der Waals surface area contributed by atoms with E-state index in [-0.39, 0.29) is 0 Å². The van der Waals surface area contributed by atoms with Gasteiger partial charge in [-0.1, -0.05) is 6.07 Å². The van der Waals surface area contributed by atoms with Crippen LogP contribution in [0.3, 0.4) is 0 Å². The lowest BCUT2D eigenvalue weighted by molar-refractivity contribution is 0.415. The van der Waals surface area contributed by atoms with E-state index in [2.05, 4.69) is 20.3 Å². The Bertz CT molecular complexity index is 610. The molecular weight excluding hydrogens is 228 g/mol. The molecule has 0 unspecified atom stereocenters. The van der Waals surface area contributed by atoms with E-state index in [9.17, 15) is 0 Å². The van der Waals surface area contributed by atoms with Crippen LogP contribution in [0.2, 0.25) is 0 Å². The van der Waals surface area contributed by atoms with Crippen LogP contribution in [0.15, 0.2) is 35.6 Å². The zero-order chi connectivity index (χ0) is 12.4. The van der Waals surface area contributed by atoms with Crippen LogP contribution in [0.25, 0.3) is 0 Å². The lowest BCUT2D eigenvalue weighted by atomic mass is 10.2. The maximum atomic E-state index is 5.19. The van der Waals surface area contributed by atoms with E-state index >= 15 is 0 Å². The van der Waals surface area contributed by atoms with Gasteiger partial charge in [0.1, 0.15) is 17.9 Å². The maximum absolute atomic E-state index is 5.19. The minimum absolute atomic E-state index is 0.746. The molecule has 0 atom stereocenters. The average Bonchev–Trinajstić information content (AvgIpc) is 2.88. The van der Waals surface area contributed by atoms with Gasteiger partial charge in [-0.3, -0.25) is 0 Å². The van der Waals surface area contributed by atoms with Crippen molar-refractivity contribution in [1.29, 1.82) is 0 Å². The van der Waals surface area contributed by atoms with Crippen LogP contribution in [0.4, 0.5) is 17.3 Å². The van der Waals surface area contributed by atoms with Gasteiger partial charge in [0.2, 0.25) is 0 Å². The number of benzene rings is 1. The van der Waals surface area contributed by atoms with Gasteiger partial charge in [-0.05, 0) is 12.1 Å². The highest BCUT2D eigenvalue weighted by Gasteiger charge is 2.13. The molecule has 5 nitrogen and oxygen atoms in total. The van der Waals surface area contributed by atoms with Crippen molar-refractivity contribution in [3.8, 4) is 5.75 Å². The molecule has 0 amide bonds. The molecular formula is C13H12N4O. The summed E-state index contributed by atoms with van der Waals surface area (Å²) in [6.07, 6.45) is 4.13. The molecule has 0 aliphatic carbocycles. The van der Waals surface area contributed by atoms with Crippen molar-refractivity contribution in [3.63, 3.8) is 0 Å². The fourth-order valence-corrected chi connectivity index (χ4v) is 1.87. The standard InChI is InChI=1S/C13H12N4O/c1-18-10-4-2-3-9(7-10)17-13-11-5-6-14-12(11)15-8-16-13/h2-4,6-8H,5H2,1H3,(H,15,16,17). The number of nitrogens with one attached hydrogen (secondary N) is 1. The third-order valence-electron chi connectivity index (χ3n) is 2.76. The van der Waals surface area contributed by atoms with Gasteiger partial charge in [0.15, 0.2) is 5.82 Å². The fraction of sp³-hybridized carbons (Fsp3) is 0.154. The SMILES string of the molecule is COc1cccc(Nc2ncnc3c2CC=N3)c1. The predicted octanol–water partition coefficient (Wildman–Crippen LogP) is 2.49. The monoisotopic (exact) mass is 240 g/mol. The van der Waals surface area contributed by atoms with E-state index < -0.39 is 0 Å². The lowest BCUT2D eigenvalue weighted by Gasteiger charge is -2.09. The second kappa shape index (κ2) is 4.44. The Balaban J connectivity index is 1.91. The number of hydrogen-bond donors (Lipinski definition) is 1. The first-order valence-electron chi connectivity index (χ1n) is 5.64. The van der Waals surface area contributed by atoms with Crippen LogP contribution in [-0.2, 0) is 6.42 Å². The van der Waals surface area contributed by atoms with E-state index in [4.69, 9.17) is 4.74 Å². The summed E-state index contributed by atoms with van der Waals surface area (Å²) in [6, 6.07) is 7.72. The van der Waals surface area contributed by atoms with Gasteiger partial charge < -0.3 is 10.1 Å². The number of rotatable bonds is 3. The highest BCUT2D eigenvalue weighted by Crippen LogP contribution is 2.29. The van der Waals surface area contributed by atoms with Crippen LogP contribution in [0.5, 0.6) is 5.75 Å². The molecule has 18 heavy (non-hydrogen) atoms. The summed E-state index contributed by atoms with van der Waals surface area (Å²) in [5.41, 5.74) is 1.96. The summed E-state index contributed by atoms with van der Waals surface area (Å²) in [4.78, 5) is 12.6. The fourth-order valence-electron chi connectivity index (χ4n) is 1.87. The van der Waals surface area contributed by atoms with Gasteiger partial charge in [0, 0.05) is 30.0 Å². The number of anilines is 2. The first-order valence-corrected chi connectivity index (χ1v) is 5.64. The molecule has 0 fully saturated rings. The Hall–Kier alpha value is -2.43. The highest BCUT2D eigenvalue weighted by molar-refractivity contribution is 5.79. The van der Waals surface area contributed by atoms with Crippen molar-refractivity contribution in [2.45, 2.75) is 6.42 Å². The highest BCUT2D eigenvalue weighted by atomic mass is 16.5. The van der Waals surface area contributed by atoms with Gasteiger partial charge in [-0.25, -0.2) is 15.0 Å². The minimum Gasteiger partial charge on any atom is -0.497 e. The summed E-state index contributed by atoms with van der Waals surface area (Å²) in [6.45, 7) is 0. The first-order chi connectivity index (χ1) is 8.86. The van der Waals surface area contributed by atoms with Crippen molar-refractivity contribution in [2.75, 3.05) is 12.4 Å². The number of hydrogen-bond acceptors (Lipinski definition) is 5.